The van der Waals surface area contributed by atoms with Gasteiger partial charge in [0.05, 0.1) is 6.07 Å². The lowest BCUT2D eigenvalue weighted by atomic mass is 9.59. The number of nitrogens with one attached hydrogen (secondary N) is 1. The Morgan fingerprint density at radius 3 is 2.83 bits per heavy atom. The summed E-state index contributed by atoms with van der Waals surface area (Å²) in [6, 6.07) is 2.22. The molecule has 1 heterocycles. The summed E-state index contributed by atoms with van der Waals surface area (Å²) in [6.07, 6.45) is 11.5. The minimum Gasteiger partial charge on any atom is -0.301 e. The number of thiazole rings is 1. The summed E-state index contributed by atoms with van der Waals surface area (Å²) in [4.78, 5) is 18.4. The Morgan fingerprint density at radius 2 is 2.17 bits per heavy atom. The summed E-state index contributed by atoms with van der Waals surface area (Å²) in [5.74, 6) is 1.12. The van der Waals surface area contributed by atoms with Crippen molar-refractivity contribution in [3.8, 4) is 6.07 Å². The molecule has 0 aromatic carbocycles. The first-order valence-corrected chi connectivity index (χ1v) is 9.62. The van der Waals surface area contributed by atoms with Gasteiger partial charge in [-0.3, -0.25) is 4.79 Å². The fourth-order valence-electron chi connectivity index (χ4n) is 4.10. The fourth-order valence-corrected chi connectivity index (χ4v) is 5.08. The second-order valence-corrected chi connectivity index (χ2v) is 8.19. The molecule has 3 rings (SSSR count). The van der Waals surface area contributed by atoms with E-state index in [-0.39, 0.29) is 11.3 Å². The number of rotatable bonds is 5. The summed E-state index contributed by atoms with van der Waals surface area (Å²) in [5, 5.41) is 12.6. The zero-order valence-corrected chi connectivity index (χ0v) is 14.6. The molecule has 0 saturated heterocycles. The van der Waals surface area contributed by atoms with Crippen molar-refractivity contribution in [2.45, 2.75) is 70.6 Å². The zero-order valence-electron chi connectivity index (χ0n) is 13.8. The molecule has 5 heteroatoms. The first kappa shape index (κ1) is 16.4. The van der Waals surface area contributed by atoms with Gasteiger partial charge in [-0.25, -0.2) is 4.98 Å². The van der Waals surface area contributed by atoms with Crippen molar-refractivity contribution >= 4 is 22.4 Å². The number of carbonyl (C=O) groups is 1. The van der Waals surface area contributed by atoms with E-state index >= 15 is 0 Å². The summed E-state index contributed by atoms with van der Waals surface area (Å²) >= 11 is 1.64. The normalized spacial score (nSPS) is 27.9. The van der Waals surface area contributed by atoms with Gasteiger partial charge in [-0.15, -0.1) is 11.3 Å². The molecule has 4 nitrogen and oxygen atoms in total. The molecule has 1 amide bonds. The summed E-state index contributed by atoms with van der Waals surface area (Å²) in [5.41, 5.74) is -0.280. The number of nitrogens with zero attached hydrogens (tertiary/aromatic N) is 2. The highest BCUT2D eigenvalue weighted by atomic mass is 32.1. The van der Waals surface area contributed by atoms with Crippen LogP contribution in [-0.2, 0) is 4.79 Å². The number of anilines is 1. The molecule has 0 bridgehead atoms. The zero-order chi connectivity index (χ0) is 16.3. The van der Waals surface area contributed by atoms with Crippen LogP contribution in [0.2, 0.25) is 0 Å². The number of hydrogen-bond acceptors (Lipinski definition) is 4. The van der Waals surface area contributed by atoms with Crippen molar-refractivity contribution in [3.05, 3.63) is 11.1 Å². The monoisotopic (exact) mass is 331 g/mol. The minimum atomic E-state index is -0.280. The lowest BCUT2D eigenvalue weighted by Gasteiger charge is -2.45. The molecule has 23 heavy (non-hydrogen) atoms. The van der Waals surface area contributed by atoms with Crippen LogP contribution < -0.4 is 5.32 Å². The van der Waals surface area contributed by atoms with E-state index in [1.54, 1.807) is 11.3 Å². The Bertz CT molecular complexity index is 592. The van der Waals surface area contributed by atoms with Gasteiger partial charge in [0, 0.05) is 22.9 Å². The molecular formula is C18H25N3OS. The van der Waals surface area contributed by atoms with Gasteiger partial charge in [0.15, 0.2) is 5.13 Å². The molecule has 1 N–H and O–H groups in total. The predicted octanol–water partition coefficient (Wildman–Crippen LogP) is 4.85. The van der Waals surface area contributed by atoms with Crippen LogP contribution in [0.1, 0.15) is 75.5 Å². The van der Waals surface area contributed by atoms with Gasteiger partial charge in [-0.2, -0.15) is 5.26 Å². The summed E-state index contributed by atoms with van der Waals surface area (Å²) in [7, 11) is 0. The van der Waals surface area contributed by atoms with Crippen molar-refractivity contribution in [3.63, 3.8) is 0 Å². The number of carbonyl (C=O) groups excluding carboxylic acids is 1. The lowest BCUT2D eigenvalue weighted by molar-refractivity contribution is -0.133. The van der Waals surface area contributed by atoms with E-state index in [1.807, 2.05) is 6.20 Å². The fraction of sp³-hybridized carbons (Fsp3) is 0.722. The third kappa shape index (κ3) is 3.42. The van der Waals surface area contributed by atoms with E-state index in [2.05, 4.69) is 23.3 Å². The third-order valence-electron chi connectivity index (χ3n) is 5.65. The van der Waals surface area contributed by atoms with Gasteiger partial charge < -0.3 is 5.32 Å². The highest BCUT2D eigenvalue weighted by Gasteiger charge is 2.48. The Hall–Kier alpha value is -1.41. The van der Waals surface area contributed by atoms with Crippen molar-refractivity contribution in [2.24, 2.45) is 11.3 Å². The minimum absolute atomic E-state index is 0.0960. The van der Waals surface area contributed by atoms with E-state index in [0.29, 0.717) is 18.3 Å². The Labute approximate surface area is 142 Å². The van der Waals surface area contributed by atoms with Crippen LogP contribution in [0.25, 0.3) is 0 Å². The molecule has 0 aliphatic heterocycles. The van der Waals surface area contributed by atoms with Crippen LogP contribution in [-0.4, -0.2) is 10.9 Å². The second-order valence-electron chi connectivity index (χ2n) is 7.13. The summed E-state index contributed by atoms with van der Waals surface area (Å²) in [6.45, 7) is 2.07. The largest absolute Gasteiger partial charge is 0.301 e. The maximum Gasteiger partial charge on any atom is 0.232 e. The second kappa shape index (κ2) is 7.00. The standard InChI is InChI=1S/C18H25N3OS/c1-2-18(10-13(11-18)8-9-19)16(22)21-17-20-12-15(23-17)14-6-4-3-5-7-14/h12-14H,2-8,10-11H2,1H3,(H,20,21,22). The van der Waals surface area contributed by atoms with Gasteiger partial charge in [-0.1, -0.05) is 26.2 Å². The van der Waals surface area contributed by atoms with Crippen LogP contribution in [0, 0.1) is 22.7 Å². The van der Waals surface area contributed by atoms with E-state index in [1.165, 1.54) is 37.0 Å². The highest BCUT2D eigenvalue weighted by molar-refractivity contribution is 7.15. The van der Waals surface area contributed by atoms with Gasteiger partial charge in [0.2, 0.25) is 5.91 Å². The average molecular weight is 331 g/mol. The Morgan fingerprint density at radius 1 is 1.43 bits per heavy atom. The number of amides is 1. The topological polar surface area (TPSA) is 65.8 Å². The molecule has 0 atom stereocenters. The molecule has 0 unspecified atom stereocenters. The van der Waals surface area contributed by atoms with Crippen molar-refractivity contribution in [1.82, 2.24) is 4.98 Å². The number of aromatic nitrogens is 1. The third-order valence-corrected chi connectivity index (χ3v) is 6.72. The first-order chi connectivity index (χ1) is 11.2. The van der Waals surface area contributed by atoms with Gasteiger partial charge in [-0.05, 0) is 43.9 Å². The van der Waals surface area contributed by atoms with E-state index < -0.39 is 0 Å². The average Bonchev–Trinajstić information content (AvgIpc) is 3.00. The van der Waals surface area contributed by atoms with E-state index in [0.717, 1.165) is 24.4 Å². The molecule has 2 saturated carbocycles. The lowest BCUT2D eigenvalue weighted by Crippen LogP contribution is -2.46. The van der Waals surface area contributed by atoms with Gasteiger partial charge >= 0.3 is 0 Å². The van der Waals surface area contributed by atoms with E-state index in [9.17, 15) is 4.79 Å². The smallest absolute Gasteiger partial charge is 0.232 e. The molecule has 1 aromatic heterocycles. The van der Waals surface area contributed by atoms with Crippen LogP contribution in [0.15, 0.2) is 6.20 Å². The Balaban J connectivity index is 1.59. The SMILES string of the molecule is CCC1(C(=O)Nc2ncc(C3CCCCC3)s2)CC(CC#N)C1. The molecule has 2 aliphatic rings. The van der Waals surface area contributed by atoms with Crippen LogP contribution >= 0.6 is 11.3 Å². The molecule has 2 aliphatic carbocycles. The Kier molecular flexibility index (Phi) is 5.01. The predicted molar refractivity (Wildman–Crippen MR) is 92.2 cm³/mol. The quantitative estimate of drug-likeness (QED) is 0.838. The number of hydrogen-bond donors (Lipinski definition) is 1. The van der Waals surface area contributed by atoms with Crippen LogP contribution in [0.3, 0.4) is 0 Å². The molecule has 0 spiro atoms. The van der Waals surface area contributed by atoms with Crippen molar-refractivity contribution in [1.29, 1.82) is 5.26 Å². The van der Waals surface area contributed by atoms with Crippen LogP contribution in [0.4, 0.5) is 5.13 Å². The van der Waals surface area contributed by atoms with E-state index in [4.69, 9.17) is 5.26 Å². The first-order valence-electron chi connectivity index (χ1n) is 8.81. The number of nitriles is 1. The van der Waals surface area contributed by atoms with Crippen molar-refractivity contribution < 1.29 is 4.79 Å². The highest BCUT2D eigenvalue weighted by Crippen LogP contribution is 2.50. The molecule has 0 radical (unpaired) electrons. The van der Waals surface area contributed by atoms with Crippen LogP contribution in [0.5, 0.6) is 0 Å². The van der Waals surface area contributed by atoms with Crippen molar-refractivity contribution in [2.75, 3.05) is 5.32 Å². The maximum absolute atomic E-state index is 12.7. The molecule has 2 fully saturated rings. The molecule has 124 valence electrons. The summed E-state index contributed by atoms with van der Waals surface area (Å²) < 4.78 is 0. The molecular weight excluding hydrogens is 306 g/mol. The molecule has 1 aromatic rings. The van der Waals surface area contributed by atoms with Gasteiger partial charge in [0.25, 0.3) is 0 Å². The maximum atomic E-state index is 12.7. The van der Waals surface area contributed by atoms with Gasteiger partial charge in [0.1, 0.15) is 0 Å².